The minimum atomic E-state index is -0.00691. The van der Waals surface area contributed by atoms with Crippen LogP contribution in [0.25, 0.3) is 0 Å². The van der Waals surface area contributed by atoms with Gasteiger partial charge in [-0.25, -0.2) is 0 Å². The monoisotopic (exact) mass is 381 g/mol. The van der Waals surface area contributed by atoms with E-state index in [1.807, 2.05) is 42.8 Å². The first-order valence-electron chi connectivity index (χ1n) is 9.93. The standard InChI is InChI=1S/C22H31N5O/c1-6-26(16(2)3)20-10-8-19(9-11-20)24-22(28)13-12-21-17(4)25-27(18(21)5)15-7-14-23/h8-11,16H,6-7,12-13,15H2,1-5H3,(H,24,28). The summed E-state index contributed by atoms with van der Waals surface area (Å²) in [5.74, 6) is -0.00691. The van der Waals surface area contributed by atoms with E-state index in [1.165, 1.54) is 0 Å². The molecule has 1 heterocycles. The maximum absolute atomic E-state index is 12.4. The zero-order valence-corrected chi connectivity index (χ0v) is 17.6. The minimum Gasteiger partial charge on any atom is -0.369 e. The number of nitriles is 1. The summed E-state index contributed by atoms with van der Waals surface area (Å²) in [6.45, 7) is 12.0. The summed E-state index contributed by atoms with van der Waals surface area (Å²) in [5.41, 5.74) is 5.04. The molecule has 0 unspecified atom stereocenters. The molecule has 0 radical (unpaired) electrons. The van der Waals surface area contributed by atoms with Crippen LogP contribution in [0.15, 0.2) is 24.3 Å². The number of aromatic nitrogens is 2. The summed E-state index contributed by atoms with van der Waals surface area (Å²) in [4.78, 5) is 14.7. The number of benzene rings is 1. The van der Waals surface area contributed by atoms with Gasteiger partial charge in [0.15, 0.2) is 0 Å². The SMILES string of the molecule is CCN(c1ccc(NC(=O)CCc2c(C)nn(CCC#N)c2C)cc1)C(C)C. The number of amides is 1. The number of carbonyl (C=O) groups excluding carboxylic acids is 1. The number of nitrogens with zero attached hydrogens (tertiary/aromatic N) is 4. The lowest BCUT2D eigenvalue weighted by atomic mass is 10.1. The first kappa shape index (κ1) is 21.5. The van der Waals surface area contributed by atoms with Gasteiger partial charge in [0.05, 0.1) is 24.7 Å². The van der Waals surface area contributed by atoms with Crippen LogP contribution in [0.5, 0.6) is 0 Å². The third-order valence-electron chi connectivity index (χ3n) is 5.02. The summed E-state index contributed by atoms with van der Waals surface area (Å²) in [7, 11) is 0. The summed E-state index contributed by atoms with van der Waals surface area (Å²) in [5, 5.41) is 16.2. The lowest BCUT2D eigenvalue weighted by molar-refractivity contribution is -0.116. The summed E-state index contributed by atoms with van der Waals surface area (Å²) in [6, 6.07) is 10.6. The molecule has 0 aliphatic carbocycles. The number of hydrogen-bond donors (Lipinski definition) is 1. The molecule has 6 heteroatoms. The Morgan fingerprint density at radius 3 is 2.54 bits per heavy atom. The molecule has 0 bridgehead atoms. The van der Waals surface area contributed by atoms with Crippen molar-refractivity contribution in [2.45, 2.75) is 66.5 Å². The van der Waals surface area contributed by atoms with Crippen molar-refractivity contribution in [3.05, 3.63) is 41.2 Å². The third kappa shape index (κ3) is 5.35. The molecule has 0 saturated heterocycles. The summed E-state index contributed by atoms with van der Waals surface area (Å²) < 4.78 is 1.86. The molecule has 0 fully saturated rings. The van der Waals surface area contributed by atoms with E-state index >= 15 is 0 Å². The fourth-order valence-corrected chi connectivity index (χ4v) is 3.51. The van der Waals surface area contributed by atoms with Gasteiger partial charge in [0, 0.05) is 36.1 Å². The number of nitrogens with one attached hydrogen (secondary N) is 1. The van der Waals surface area contributed by atoms with Gasteiger partial charge < -0.3 is 10.2 Å². The molecule has 6 nitrogen and oxygen atoms in total. The second-order valence-electron chi connectivity index (χ2n) is 7.26. The van der Waals surface area contributed by atoms with E-state index in [0.29, 0.717) is 31.8 Å². The second kappa shape index (κ2) is 9.93. The van der Waals surface area contributed by atoms with Crippen molar-refractivity contribution >= 4 is 17.3 Å². The Balaban J connectivity index is 1.94. The molecule has 0 spiro atoms. The number of anilines is 2. The maximum atomic E-state index is 12.4. The van der Waals surface area contributed by atoms with Crippen LogP contribution >= 0.6 is 0 Å². The highest BCUT2D eigenvalue weighted by Gasteiger charge is 2.13. The highest BCUT2D eigenvalue weighted by atomic mass is 16.1. The predicted molar refractivity (Wildman–Crippen MR) is 113 cm³/mol. The zero-order chi connectivity index (χ0) is 20.7. The Bertz CT molecular complexity index is 830. The van der Waals surface area contributed by atoms with Crippen LogP contribution in [-0.2, 0) is 17.8 Å². The van der Waals surface area contributed by atoms with Crippen molar-refractivity contribution in [1.82, 2.24) is 9.78 Å². The molecule has 0 aliphatic rings. The maximum Gasteiger partial charge on any atom is 0.224 e. The van der Waals surface area contributed by atoms with Gasteiger partial charge in [-0.3, -0.25) is 9.48 Å². The smallest absolute Gasteiger partial charge is 0.224 e. The largest absolute Gasteiger partial charge is 0.369 e. The van der Waals surface area contributed by atoms with Gasteiger partial charge in [0.1, 0.15) is 0 Å². The number of carbonyl (C=O) groups is 1. The normalized spacial score (nSPS) is 10.8. The molecule has 2 aromatic rings. The number of hydrogen-bond acceptors (Lipinski definition) is 4. The molecule has 150 valence electrons. The van der Waals surface area contributed by atoms with Crippen LogP contribution in [0.1, 0.15) is 50.6 Å². The van der Waals surface area contributed by atoms with E-state index in [2.05, 4.69) is 42.2 Å². The molecular weight excluding hydrogens is 350 g/mol. The Labute approximate surface area is 168 Å². The van der Waals surface area contributed by atoms with Crippen molar-refractivity contribution in [1.29, 1.82) is 5.26 Å². The zero-order valence-electron chi connectivity index (χ0n) is 17.6. The van der Waals surface area contributed by atoms with Crippen molar-refractivity contribution in [2.24, 2.45) is 0 Å². The van der Waals surface area contributed by atoms with Gasteiger partial charge in [-0.15, -0.1) is 0 Å². The Hall–Kier alpha value is -2.81. The molecule has 2 rings (SSSR count). The van der Waals surface area contributed by atoms with E-state index in [0.717, 1.165) is 34.9 Å². The molecule has 1 N–H and O–H groups in total. The molecule has 0 aliphatic heterocycles. The van der Waals surface area contributed by atoms with Crippen molar-refractivity contribution < 1.29 is 4.79 Å². The second-order valence-corrected chi connectivity index (χ2v) is 7.26. The third-order valence-corrected chi connectivity index (χ3v) is 5.02. The van der Waals surface area contributed by atoms with Gasteiger partial charge in [-0.1, -0.05) is 0 Å². The minimum absolute atomic E-state index is 0.00691. The van der Waals surface area contributed by atoms with Gasteiger partial charge in [-0.2, -0.15) is 10.4 Å². The average Bonchev–Trinajstić information content (AvgIpc) is 2.93. The highest BCUT2D eigenvalue weighted by Crippen LogP contribution is 2.20. The highest BCUT2D eigenvalue weighted by molar-refractivity contribution is 5.91. The van der Waals surface area contributed by atoms with Crippen LogP contribution in [0, 0.1) is 25.2 Å². The van der Waals surface area contributed by atoms with Gasteiger partial charge in [-0.05, 0) is 70.9 Å². The van der Waals surface area contributed by atoms with Crippen LogP contribution < -0.4 is 10.2 Å². The lowest BCUT2D eigenvalue weighted by Crippen LogP contribution is -2.30. The van der Waals surface area contributed by atoms with Crippen molar-refractivity contribution in [2.75, 3.05) is 16.8 Å². The summed E-state index contributed by atoms with van der Waals surface area (Å²) >= 11 is 0. The lowest BCUT2D eigenvalue weighted by Gasteiger charge is -2.27. The van der Waals surface area contributed by atoms with Gasteiger partial charge in [0.2, 0.25) is 5.91 Å². The van der Waals surface area contributed by atoms with Gasteiger partial charge in [0.25, 0.3) is 0 Å². The Kier molecular flexibility index (Phi) is 7.62. The number of rotatable bonds is 9. The molecule has 1 amide bonds. The van der Waals surface area contributed by atoms with Crippen LogP contribution in [-0.4, -0.2) is 28.3 Å². The topological polar surface area (TPSA) is 74.0 Å². The Morgan fingerprint density at radius 1 is 1.29 bits per heavy atom. The molecule has 1 aromatic heterocycles. The van der Waals surface area contributed by atoms with Crippen LogP contribution in [0.2, 0.25) is 0 Å². The molecule has 28 heavy (non-hydrogen) atoms. The van der Waals surface area contributed by atoms with E-state index in [1.54, 1.807) is 0 Å². The molecule has 1 aromatic carbocycles. The fraction of sp³-hybridized carbons (Fsp3) is 0.500. The summed E-state index contributed by atoms with van der Waals surface area (Å²) in [6.07, 6.45) is 1.48. The van der Waals surface area contributed by atoms with E-state index in [9.17, 15) is 4.79 Å². The van der Waals surface area contributed by atoms with E-state index < -0.39 is 0 Å². The van der Waals surface area contributed by atoms with Crippen molar-refractivity contribution in [3.63, 3.8) is 0 Å². The average molecular weight is 382 g/mol. The predicted octanol–water partition coefficient (Wildman–Crippen LogP) is 4.22. The molecular formula is C22H31N5O. The Morgan fingerprint density at radius 2 is 1.96 bits per heavy atom. The van der Waals surface area contributed by atoms with Crippen LogP contribution in [0.3, 0.4) is 0 Å². The molecule has 0 saturated carbocycles. The van der Waals surface area contributed by atoms with E-state index in [-0.39, 0.29) is 5.91 Å². The van der Waals surface area contributed by atoms with Crippen molar-refractivity contribution in [3.8, 4) is 6.07 Å². The van der Waals surface area contributed by atoms with Gasteiger partial charge >= 0.3 is 0 Å². The quantitative estimate of drug-likeness (QED) is 0.706. The first-order chi connectivity index (χ1) is 13.4. The molecule has 0 atom stereocenters. The number of aryl methyl sites for hydroxylation is 2. The van der Waals surface area contributed by atoms with E-state index in [4.69, 9.17) is 5.26 Å². The first-order valence-corrected chi connectivity index (χ1v) is 9.93. The van der Waals surface area contributed by atoms with Crippen LogP contribution in [0.4, 0.5) is 11.4 Å². The fourth-order valence-electron chi connectivity index (χ4n) is 3.51.